The SMILES string of the molecule is CCN(CCO)c1ncnc(N2CCN(c3cccc(Cl)c3)CC2)c1N. The summed E-state index contributed by atoms with van der Waals surface area (Å²) in [6.45, 7) is 6.67. The first-order chi connectivity index (χ1) is 12.6. The summed E-state index contributed by atoms with van der Waals surface area (Å²) in [7, 11) is 0. The highest BCUT2D eigenvalue weighted by Gasteiger charge is 2.22. The molecule has 1 aromatic heterocycles. The summed E-state index contributed by atoms with van der Waals surface area (Å²) in [5, 5.41) is 9.99. The van der Waals surface area contributed by atoms with E-state index in [4.69, 9.17) is 17.3 Å². The third kappa shape index (κ3) is 3.94. The molecule has 3 N–H and O–H groups in total. The molecule has 0 bridgehead atoms. The van der Waals surface area contributed by atoms with Gasteiger partial charge in [0, 0.05) is 50.0 Å². The van der Waals surface area contributed by atoms with Crippen molar-refractivity contribution in [1.82, 2.24) is 9.97 Å². The number of hydrogen-bond donors (Lipinski definition) is 2. The number of anilines is 4. The molecule has 0 atom stereocenters. The molecular formula is C18H25ClN6O. The number of hydrogen-bond acceptors (Lipinski definition) is 7. The van der Waals surface area contributed by atoms with Gasteiger partial charge in [0.05, 0.1) is 6.61 Å². The van der Waals surface area contributed by atoms with Gasteiger partial charge in [-0.15, -0.1) is 0 Å². The molecular weight excluding hydrogens is 352 g/mol. The monoisotopic (exact) mass is 376 g/mol. The van der Waals surface area contributed by atoms with Crippen molar-refractivity contribution >= 4 is 34.6 Å². The summed E-state index contributed by atoms with van der Waals surface area (Å²) in [6, 6.07) is 7.92. The molecule has 140 valence electrons. The fourth-order valence-corrected chi connectivity index (χ4v) is 3.45. The Kier molecular flexibility index (Phi) is 6.00. The third-order valence-electron chi connectivity index (χ3n) is 4.65. The first-order valence-corrected chi connectivity index (χ1v) is 9.23. The van der Waals surface area contributed by atoms with Crippen LogP contribution in [0.3, 0.4) is 0 Å². The molecule has 0 spiro atoms. The Morgan fingerprint density at radius 3 is 2.58 bits per heavy atom. The Hall–Kier alpha value is -2.25. The van der Waals surface area contributed by atoms with Crippen LogP contribution in [0.1, 0.15) is 6.92 Å². The third-order valence-corrected chi connectivity index (χ3v) is 4.88. The molecule has 1 aromatic carbocycles. The Balaban J connectivity index is 1.73. The molecule has 0 unspecified atom stereocenters. The zero-order valence-corrected chi connectivity index (χ0v) is 15.7. The van der Waals surface area contributed by atoms with Crippen molar-refractivity contribution in [2.24, 2.45) is 0 Å². The maximum absolute atomic E-state index is 9.24. The maximum atomic E-state index is 9.24. The summed E-state index contributed by atoms with van der Waals surface area (Å²) in [5.41, 5.74) is 8.07. The van der Waals surface area contributed by atoms with Gasteiger partial charge in [0.15, 0.2) is 11.6 Å². The Morgan fingerprint density at radius 1 is 1.19 bits per heavy atom. The molecule has 1 aliphatic heterocycles. The average molecular weight is 377 g/mol. The van der Waals surface area contributed by atoms with Gasteiger partial charge in [0.25, 0.3) is 0 Å². The van der Waals surface area contributed by atoms with Gasteiger partial charge >= 0.3 is 0 Å². The van der Waals surface area contributed by atoms with Crippen molar-refractivity contribution in [1.29, 1.82) is 0 Å². The average Bonchev–Trinajstić information content (AvgIpc) is 2.67. The second kappa shape index (κ2) is 8.42. The lowest BCUT2D eigenvalue weighted by atomic mass is 10.2. The first-order valence-electron chi connectivity index (χ1n) is 8.85. The smallest absolute Gasteiger partial charge is 0.157 e. The number of aliphatic hydroxyl groups excluding tert-OH is 1. The number of aliphatic hydroxyl groups is 1. The molecule has 8 heteroatoms. The second-order valence-corrected chi connectivity index (χ2v) is 6.63. The predicted molar refractivity (Wildman–Crippen MR) is 107 cm³/mol. The van der Waals surface area contributed by atoms with Crippen LogP contribution in [0.4, 0.5) is 23.0 Å². The van der Waals surface area contributed by atoms with Crippen LogP contribution in [0.5, 0.6) is 0 Å². The lowest BCUT2D eigenvalue weighted by Gasteiger charge is -2.37. The molecule has 0 saturated carbocycles. The van der Waals surface area contributed by atoms with Crippen molar-refractivity contribution in [2.45, 2.75) is 6.92 Å². The van der Waals surface area contributed by atoms with Crippen LogP contribution in [-0.4, -0.2) is 60.9 Å². The lowest BCUT2D eigenvalue weighted by molar-refractivity contribution is 0.302. The molecule has 2 heterocycles. The fraction of sp³-hybridized carbons (Fsp3) is 0.444. The highest BCUT2D eigenvalue weighted by Crippen LogP contribution is 2.30. The number of halogens is 1. The minimum Gasteiger partial charge on any atom is -0.395 e. The summed E-state index contributed by atoms with van der Waals surface area (Å²) in [4.78, 5) is 15.2. The number of nitrogens with two attached hydrogens (primary N) is 1. The van der Waals surface area contributed by atoms with E-state index < -0.39 is 0 Å². The summed E-state index contributed by atoms with van der Waals surface area (Å²) >= 11 is 6.10. The summed E-state index contributed by atoms with van der Waals surface area (Å²) in [6.07, 6.45) is 1.55. The van der Waals surface area contributed by atoms with Gasteiger partial charge in [0.2, 0.25) is 0 Å². The van der Waals surface area contributed by atoms with Crippen molar-refractivity contribution in [3.8, 4) is 0 Å². The van der Waals surface area contributed by atoms with Crippen molar-refractivity contribution in [3.63, 3.8) is 0 Å². The van der Waals surface area contributed by atoms with Gasteiger partial charge < -0.3 is 25.5 Å². The van der Waals surface area contributed by atoms with Gasteiger partial charge in [-0.3, -0.25) is 0 Å². The molecule has 0 radical (unpaired) electrons. The summed E-state index contributed by atoms with van der Waals surface area (Å²) in [5.74, 6) is 1.45. The quantitative estimate of drug-likeness (QED) is 0.796. The van der Waals surface area contributed by atoms with Crippen LogP contribution in [0.15, 0.2) is 30.6 Å². The van der Waals surface area contributed by atoms with E-state index >= 15 is 0 Å². The molecule has 3 rings (SSSR count). The highest BCUT2D eigenvalue weighted by molar-refractivity contribution is 6.30. The van der Waals surface area contributed by atoms with E-state index in [0.29, 0.717) is 18.1 Å². The van der Waals surface area contributed by atoms with Gasteiger partial charge in [-0.05, 0) is 25.1 Å². The van der Waals surface area contributed by atoms with E-state index in [1.165, 1.54) is 0 Å². The number of benzene rings is 1. The number of likely N-dealkylation sites (N-methyl/N-ethyl adjacent to an activating group) is 1. The number of nitrogen functional groups attached to an aromatic ring is 1. The Morgan fingerprint density at radius 2 is 1.92 bits per heavy atom. The number of aromatic nitrogens is 2. The van der Waals surface area contributed by atoms with Crippen LogP contribution < -0.4 is 20.4 Å². The molecule has 0 aliphatic carbocycles. The van der Waals surface area contributed by atoms with Gasteiger partial charge in [-0.1, -0.05) is 17.7 Å². The Bertz CT molecular complexity index is 735. The molecule has 2 aromatic rings. The summed E-state index contributed by atoms with van der Waals surface area (Å²) < 4.78 is 0. The topological polar surface area (TPSA) is 81.8 Å². The maximum Gasteiger partial charge on any atom is 0.157 e. The largest absolute Gasteiger partial charge is 0.395 e. The van der Waals surface area contributed by atoms with Crippen LogP contribution in [0.2, 0.25) is 5.02 Å². The number of rotatable bonds is 6. The second-order valence-electron chi connectivity index (χ2n) is 6.19. The van der Waals surface area contributed by atoms with Crippen molar-refractivity contribution in [3.05, 3.63) is 35.6 Å². The van der Waals surface area contributed by atoms with Crippen LogP contribution in [0.25, 0.3) is 0 Å². The lowest BCUT2D eigenvalue weighted by Crippen LogP contribution is -2.47. The van der Waals surface area contributed by atoms with Gasteiger partial charge in [-0.2, -0.15) is 0 Å². The molecule has 7 nitrogen and oxygen atoms in total. The normalized spacial score (nSPS) is 14.6. The highest BCUT2D eigenvalue weighted by atomic mass is 35.5. The van der Waals surface area contributed by atoms with E-state index in [1.54, 1.807) is 6.33 Å². The van der Waals surface area contributed by atoms with E-state index in [2.05, 4.69) is 25.8 Å². The number of nitrogens with zero attached hydrogens (tertiary/aromatic N) is 5. The van der Waals surface area contributed by atoms with E-state index in [1.807, 2.05) is 30.0 Å². The molecule has 26 heavy (non-hydrogen) atoms. The minimum atomic E-state index is 0.0604. The minimum absolute atomic E-state index is 0.0604. The molecule has 1 saturated heterocycles. The van der Waals surface area contributed by atoms with Crippen LogP contribution in [-0.2, 0) is 0 Å². The molecule has 1 fully saturated rings. The van der Waals surface area contributed by atoms with E-state index in [9.17, 15) is 5.11 Å². The van der Waals surface area contributed by atoms with E-state index in [-0.39, 0.29) is 6.61 Å². The first kappa shape index (κ1) is 18.5. The molecule has 0 amide bonds. The molecule has 1 aliphatic rings. The fourth-order valence-electron chi connectivity index (χ4n) is 3.27. The van der Waals surface area contributed by atoms with Crippen LogP contribution >= 0.6 is 11.6 Å². The zero-order chi connectivity index (χ0) is 18.5. The predicted octanol–water partition coefficient (Wildman–Crippen LogP) is 1.86. The van der Waals surface area contributed by atoms with Crippen molar-refractivity contribution in [2.75, 3.05) is 66.3 Å². The zero-order valence-electron chi connectivity index (χ0n) is 15.0. The number of piperazine rings is 1. The standard InChI is InChI=1S/C18H25ClN6O/c1-2-23(10-11-26)17-16(20)18(22-13-21-17)25-8-6-24(7-9-25)15-5-3-4-14(19)12-15/h3-5,12-13,26H,2,6-11,20H2,1H3. The van der Waals surface area contributed by atoms with Gasteiger partial charge in [-0.25, -0.2) is 9.97 Å². The van der Waals surface area contributed by atoms with Crippen molar-refractivity contribution < 1.29 is 5.11 Å². The van der Waals surface area contributed by atoms with Gasteiger partial charge in [0.1, 0.15) is 12.0 Å². The Labute approximate surface area is 159 Å². The van der Waals surface area contributed by atoms with Crippen LogP contribution in [0, 0.1) is 0 Å². The van der Waals surface area contributed by atoms with E-state index in [0.717, 1.165) is 49.3 Å².